The molecule has 0 radical (unpaired) electrons. The first-order valence-electron chi connectivity index (χ1n) is 4.16. The van der Waals surface area contributed by atoms with Crippen molar-refractivity contribution in [2.75, 3.05) is 0 Å². The van der Waals surface area contributed by atoms with Crippen LogP contribution in [0.4, 0.5) is 5.69 Å². The lowest BCUT2D eigenvalue weighted by atomic mass is 10.2. The summed E-state index contributed by atoms with van der Waals surface area (Å²) in [6, 6.07) is 3.76. The first-order valence-corrected chi connectivity index (χ1v) is 5.04. The molecule has 0 atom stereocenters. The molecule has 0 aliphatic rings. The maximum atomic E-state index is 10.7. The number of nitro groups is 1. The predicted octanol–water partition coefficient (Wildman–Crippen LogP) is 3.00. The van der Waals surface area contributed by atoms with Crippen LogP contribution in [0.5, 0.6) is 5.75 Å². The van der Waals surface area contributed by atoms with E-state index in [1.54, 1.807) is 0 Å². The summed E-state index contributed by atoms with van der Waals surface area (Å²) in [4.78, 5) is 19.7. The van der Waals surface area contributed by atoms with Crippen molar-refractivity contribution in [2.24, 2.45) is 0 Å². The molecule has 0 bridgehead atoms. The summed E-state index contributed by atoms with van der Waals surface area (Å²) >= 11 is 11.2. The van der Waals surface area contributed by atoms with E-state index in [-0.39, 0.29) is 17.0 Å². The third-order valence-electron chi connectivity index (χ3n) is 1.69. The first kappa shape index (κ1) is 12.7. The topological polar surface area (TPSA) is 69.4 Å². The minimum absolute atomic E-state index is 0.0899. The molecule has 0 N–H and O–H groups in total. The van der Waals surface area contributed by atoms with Crippen molar-refractivity contribution in [2.45, 2.75) is 11.8 Å². The van der Waals surface area contributed by atoms with E-state index < -0.39 is 15.7 Å². The van der Waals surface area contributed by atoms with Gasteiger partial charge in [-0.15, -0.1) is 0 Å². The SMILES string of the molecule is CC(=O)Oc1ccc([N+](=O)[O-])c(C(Cl)Cl)c1. The molecule has 0 aliphatic carbocycles. The van der Waals surface area contributed by atoms with Gasteiger partial charge in [-0.2, -0.15) is 0 Å². The van der Waals surface area contributed by atoms with E-state index in [1.807, 2.05) is 0 Å². The van der Waals surface area contributed by atoms with E-state index in [4.69, 9.17) is 27.9 Å². The number of esters is 1. The van der Waals surface area contributed by atoms with Gasteiger partial charge in [-0.1, -0.05) is 23.2 Å². The third-order valence-corrected chi connectivity index (χ3v) is 2.16. The molecule has 0 unspecified atom stereocenters. The highest BCUT2D eigenvalue weighted by atomic mass is 35.5. The average molecular weight is 264 g/mol. The zero-order chi connectivity index (χ0) is 12.3. The van der Waals surface area contributed by atoms with Crippen molar-refractivity contribution < 1.29 is 14.5 Å². The molecule has 1 rings (SSSR count). The highest BCUT2D eigenvalue weighted by Gasteiger charge is 2.20. The van der Waals surface area contributed by atoms with Crippen molar-refractivity contribution in [3.05, 3.63) is 33.9 Å². The Bertz CT molecular complexity index is 434. The van der Waals surface area contributed by atoms with Gasteiger partial charge in [-0.3, -0.25) is 14.9 Å². The number of ether oxygens (including phenoxy) is 1. The van der Waals surface area contributed by atoms with Crippen LogP contribution in [0.25, 0.3) is 0 Å². The summed E-state index contributed by atoms with van der Waals surface area (Å²) in [6.07, 6.45) is 0. The Hall–Kier alpha value is -1.33. The van der Waals surface area contributed by atoms with Gasteiger partial charge in [0.15, 0.2) is 0 Å². The number of nitro benzene ring substituents is 1. The van der Waals surface area contributed by atoms with Crippen LogP contribution < -0.4 is 4.74 Å². The molecule has 86 valence electrons. The number of carbonyl (C=O) groups excluding carboxylic acids is 1. The molecular formula is C9H7Cl2NO4. The van der Waals surface area contributed by atoms with Gasteiger partial charge in [0, 0.05) is 13.0 Å². The van der Waals surface area contributed by atoms with Crippen molar-refractivity contribution in [1.29, 1.82) is 0 Å². The normalized spacial score (nSPS) is 10.2. The van der Waals surface area contributed by atoms with Gasteiger partial charge >= 0.3 is 5.97 Å². The van der Waals surface area contributed by atoms with Crippen LogP contribution in [-0.2, 0) is 4.79 Å². The number of nitrogens with zero attached hydrogens (tertiary/aromatic N) is 1. The van der Waals surface area contributed by atoms with E-state index in [0.29, 0.717) is 0 Å². The summed E-state index contributed by atoms with van der Waals surface area (Å²) < 4.78 is 4.76. The van der Waals surface area contributed by atoms with E-state index in [2.05, 4.69) is 0 Å². The van der Waals surface area contributed by atoms with Gasteiger partial charge in [0.1, 0.15) is 10.6 Å². The average Bonchev–Trinajstić information content (AvgIpc) is 2.16. The Balaban J connectivity index is 3.17. The Morgan fingerprint density at radius 3 is 2.56 bits per heavy atom. The number of hydrogen-bond acceptors (Lipinski definition) is 4. The quantitative estimate of drug-likeness (QED) is 0.276. The van der Waals surface area contributed by atoms with Crippen LogP contribution in [0.3, 0.4) is 0 Å². The van der Waals surface area contributed by atoms with Crippen molar-refractivity contribution >= 4 is 34.9 Å². The molecule has 0 saturated heterocycles. The Labute approximate surface area is 101 Å². The molecule has 0 fully saturated rings. The molecule has 5 nitrogen and oxygen atoms in total. The molecule has 0 amide bonds. The summed E-state index contributed by atoms with van der Waals surface area (Å²) in [5.41, 5.74) is -0.127. The minimum atomic E-state index is -1.06. The second-order valence-corrected chi connectivity index (χ2v) is 3.97. The standard InChI is InChI=1S/C9H7Cl2NO4/c1-5(13)16-6-2-3-8(12(14)15)7(4-6)9(10)11/h2-4,9H,1H3. The number of alkyl halides is 2. The van der Waals surface area contributed by atoms with Gasteiger partial charge in [0.2, 0.25) is 0 Å². The molecule has 7 heteroatoms. The van der Waals surface area contributed by atoms with Crippen LogP contribution in [0, 0.1) is 10.1 Å². The maximum absolute atomic E-state index is 10.7. The molecular weight excluding hydrogens is 257 g/mol. The summed E-state index contributed by atoms with van der Waals surface area (Å²) in [5, 5.41) is 10.6. The molecule has 0 heterocycles. The lowest BCUT2D eigenvalue weighted by molar-refractivity contribution is -0.385. The number of hydrogen-bond donors (Lipinski definition) is 0. The highest BCUT2D eigenvalue weighted by Crippen LogP contribution is 2.35. The van der Waals surface area contributed by atoms with Crippen molar-refractivity contribution in [1.82, 2.24) is 0 Å². The lowest BCUT2D eigenvalue weighted by Gasteiger charge is -2.06. The number of benzene rings is 1. The maximum Gasteiger partial charge on any atom is 0.308 e. The van der Waals surface area contributed by atoms with E-state index in [1.165, 1.54) is 25.1 Å². The van der Waals surface area contributed by atoms with Gasteiger partial charge in [0.05, 0.1) is 10.5 Å². The first-order chi connectivity index (χ1) is 7.41. The summed E-state index contributed by atoms with van der Waals surface area (Å²) in [6.45, 7) is 1.22. The molecule has 1 aromatic carbocycles. The summed E-state index contributed by atoms with van der Waals surface area (Å²) in [7, 11) is 0. The monoisotopic (exact) mass is 263 g/mol. The van der Waals surface area contributed by atoms with Crippen molar-refractivity contribution in [3.8, 4) is 5.75 Å². The van der Waals surface area contributed by atoms with E-state index in [9.17, 15) is 14.9 Å². The zero-order valence-corrected chi connectivity index (χ0v) is 9.66. The van der Waals surface area contributed by atoms with Crippen LogP contribution in [0.2, 0.25) is 0 Å². The molecule has 0 aliphatic heterocycles. The Morgan fingerprint density at radius 1 is 1.50 bits per heavy atom. The smallest absolute Gasteiger partial charge is 0.308 e. The molecule has 0 spiro atoms. The zero-order valence-electron chi connectivity index (χ0n) is 8.15. The van der Waals surface area contributed by atoms with Crippen LogP contribution in [0.1, 0.15) is 17.3 Å². The van der Waals surface area contributed by atoms with Crippen LogP contribution >= 0.6 is 23.2 Å². The van der Waals surface area contributed by atoms with Gasteiger partial charge < -0.3 is 4.74 Å². The third kappa shape index (κ3) is 3.08. The molecule has 16 heavy (non-hydrogen) atoms. The Morgan fingerprint density at radius 2 is 2.12 bits per heavy atom. The van der Waals surface area contributed by atoms with Crippen molar-refractivity contribution in [3.63, 3.8) is 0 Å². The fraction of sp³-hybridized carbons (Fsp3) is 0.222. The molecule has 0 aromatic heterocycles. The van der Waals surface area contributed by atoms with E-state index in [0.717, 1.165) is 0 Å². The van der Waals surface area contributed by atoms with Gasteiger partial charge in [-0.05, 0) is 12.1 Å². The van der Waals surface area contributed by atoms with Gasteiger partial charge in [-0.25, -0.2) is 0 Å². The number of halogens is 2. The van der Waals surface area contributed by atoms with Crippen LogP contribution in [0.15, 0.2) is 18.2 Å². The minimum Gasteiger partial charge on any atom is -0.427 e. The largest absolute Gasteiger partial charge is 0.427 e. The highest BCUT2D eigenvalue weighted by molar-refractivity contribution is 6.44. The number of carbonyl (C=O) groups is 1. The van der Waals surface area contributed by atoms with Gasteiger partial charge in [0.25, 0.3) is 5.69 Å². The molecule has 1 aromatic rings. The lowest BCUT2D eigenvalue weighted by Crippen LogP contribution is -2.03. The second-order valence-electron chi connectivity index (χ2n) is 2.87. The predicted molar refractivity (Wildman–Crippen MR) is 58.9 cm³/mol. The number of rotatable bonds is 3. The molecule has 0 saturated carbocycles. The fourth-order valence-electron chi connectivity index (χ4n) is 1.10. The fourth-order valence-corrected chi connectivity index (χ4v) is 1.45. The second kappa shape index (κ2) is 5.14. The van der Waals surface area contributed by atoms with Crippen LogP contribution in [-0.4, -0.2) is 10.9 Å². The Kier molecular flexibility index (Phi) is 4.09. The van der Waals surface area contributed by atoms with E-state index >= 15 is 0 Å². The summed E-state index contributed by atoms with van der Waals surface area (Å²) in [5.74, 6) is -0.361.